The molecule has 0 unspecified atom stereocenters. The molecule has 0 aliphatic carbocycles. The lowest BCUT2D eigenvalue weighted by Gasteiger charge is -2.11. The summed E-state index contributed by atoms with van der Waals surface area (Å²) < 4.78 is 0. The zero-order chi connectivity index (χ0) is 18.4. The van der Waals surface area contributed by atoms with Crippen LogP contribution >= 0.6 is 0 Å². The summed E-state index contributed by atoms with van der Waals surface area (Å²) in [6, 6.07) is 10.7. The van der Waals surface area contributed by atoms with Crippen LogP contribution in [0.15, 0.2) is 36.4 Å². The average molecular weight is 340 g/mol. The lowest BCUT2D eigenvalue weighted by Crippen LogP contribution is -2.32. The van der Waals surface area contributed by atoms with Crippen molar-refractivity contribution in [1.82, 2.24) is 15.2 Å². The number of aryl methyl sites for hydroxylation is 2. The van der Waals surface area contributed by atoms with Gasteiger partial charge in [0.25, 0.3) is 11.8 Å². The molecule has 0 saturated heterocycles. The van der Waals surface area contributed by atoms with Crippen LogP contribution in [0.1, 0.15) is 32.1 Å². The van der Waals surface area contributed by atoms with Crippen molar-refractivity contribution < 1.29 is 9.59 Å². The van der Waals surface area contributed by atoms with Crippen molar-refractivity contribution in [3.8, 4) is 0 Å². The second kappa shape index (κ2) is 8.39. The van der Waals surface area contributed by atoms with Gasteiger partial charge in [0, 0.05) is 18.8 Å². The maximum atomic E-state index is 12.4. The van der Waals surface area contributed by atoms with Gasteiger partial charge in [-0.25, -0.2) is 4.98 Å². The summed E-state index contributed by atoms with van der Waals surface area (Å²) in [5.74, 6) is -0.629. The number of rotatable bonds is 6. The highest BCUT2D eigenvalue weighted by Crippen LogP contribution is 2.14. The van der Waals surface area contributed by atoms with E-state index in [1.54, 1.807) is 18.2 Å². The Morgan fingerprint density at radius 1 is 1.00 bits per heavy atom. The standard InChI is InChI=1S/C19H24N4O2/c1-13-10-14(2)12-15(11-13)21-19(25)17-7-5-6-16(22-17)18(24)20-8-9-23(3)4/h5-7,10-12H,8-9H2,1-4H3,(H,20,24)(H,21,25). The van der Waals surface area contributed by atoms with E-state index in [-0.39, 0.29) is 23.2 Å². The number of nitrogens with one attached hydrogen (secondary N) is 2. The average Bonchev–Trinajstić information content (AvgIpc) is 2.53. The minimum atomic E-state index is -0.340. The molecule has 2 amide bonds. The number of hydrogen-bond donors (Lipinski definition) is 2. The van der Waals surface area contributed by atoms with Gasteiger partial charge in [-0.05, 0) is 63.3 Å². The first-order valence-electron chi connectivity index (χ1n) is 8.15. The van der Waals surface area contributed by atoms with Crippen LogP contribution in [0.2, 0.25) is 0 Å². The van der Waals surface area contributed by atoms with Crippen molar-refractivity contribution in [3.05, 3.63) is 58.9 Å². The number of amides is 2. The van der Waals surface area contributed by atoms with Crippen molar-refractivity contribution >= 4 is 17.5 Å². The van der Waals surface area contributed by atoms with Crippen molar-refractivity contribution in [3.63, 3.8) is 0 Å². The van der Waals surface area contributed by atoms with Crippen molar-refractivity contribution in [2.24, 2.45) is 0 Å². The highest BCUT2D eigenvalue weighted by molar-refractivity contribution is 6.03. The monoisotopic (exact) mass is 340 g/mol. The molecule has 2 N–H and O–H groups in total. The van der Waals surface area contributed by atoms with Gasteiger partial charge >= 0.3 is 0 Å². The van der Waals surface area contributed by atoms with Gasteiger partial charge in [0.1, 0.15) is 11.4 Å². The number of hydrogen-bond acceptors (Lipinski definition) is 4. The Morgan fingerprint density at radius 3 is 2.20 bits per heavy atom. The van der Waals surface area contributed by atoms with Gasteiger partial charge in [-0.2, -0.15) is 0 Å². The third kappa shape index (κ3) is 5.69. The molecule has 0 spiro atoms. The second-order valence-electron chi connectivity index (χ2n) is 6.30. The minimum absolute atomic E-state index is 0.208. The van der Waals surface area contributed by atoms with E-state index < -0.39 is 0 Å². The number of aromatic nitrogens is 1. The van der Waals surface area contributed by atoms with Crippen LogP contribution in [0.3, 0.4) is 0 Å². The molecule has 25 heavy (non-hydrogen) atoms. The SMILES string of the molecule is Cc1cc(C)cc(NC(=O)c2cccc(C(=O)NCCN(C)C)n2)c1. The van der Waals surface area contributed by atoms with Gasteiger partial charge in [-0.15, -0.1) is 0 Å². The highest BCUT2D eigenvalue weighted by atomic mass is 16.2. The molecule has 0 bridgehead atoms. The molecule has 2 aromatic rings. The summed E-state index contributed by atoms with van der Waals surface area (Å²) in [7, 11) is 3.87. The molecule has 1 aromatic heterocycles. The zero-order valence-electron chi connectivity index (χ0n) is 15.1. The Labute approximate surface area is 148 Å². The minimum Gasteiger partial charge on any atom is -0.349 e. The number of carbonyl (C=O) groups is 2. The van der Waals surface area contributed by atoms with E-state index in [0.717, 1.165) is 17.7 Å². The zero-order valence-corrected chi connectivity index (χ0v) is 15.1. The fourth-order valence-corrected chi connectivity index (χ4v) is 2.41. The normalized spacial score (nSPS) is 10.6. The van der Waals surface area contributed by atoms with E-state index in [4.69, 9.17) is 0 Å². The lowest BCUT2D eigenvalue weighted by atomic mass is 10.1. The molecule has 0 radical (unpaired) electrons. The molecule has 6 nitrogen and oxygen atoms in total. The fourth-order valence-electron chi connectivity index (χ4n) is 2.41. The van der Waals surface area contributed by atoms with E-state index >= 15 is 0 Å². The number of benzene rings is 1. The summed E-state index contributed by atoms with van der Waals surface area (Å²) in [5, 5.41) is 5.61. The first-order valence-corrected chi connectivity index (χ1v) is 8.15. The summed E-state index contributed by atoms with van der Waals surface area (Å²) in [5.41, 5.74) is 3.28. The predicted molar refractivity (Wildman–Crippen MR) is 99.0 cm³/mol. The smallest absolute Gasteiger partial charge is 0.274 e. The predicted octanol–water partition coefficient (Wildman–Crippen LogP) is 2.24. The van der Waals surface area contributed by atoms with E-state index in [1.807, 2.05) is 51.0 Å². The molecule has 0 saturated carbocycles. The maximum absolute atomic E-state index is 12.4. The van der Waals surface area contributed by atoms with Crippen LogP contribution in [-0.2, 0) is 0 Å². The maximum Gasteiger partial charge on any atom is 0.274 e. The molecule has 6 heteroatoms. The van der Waals surface area contributed by atoms with Crippen molar-refractivity contribution in [1.29, 1.82) is 0 Å². The second-order valence-corrected chi connectivity index (χ2v) is 6.30. The molecule has 1 heterocycles. The Balaban J connectivity index is 2.06. The first-order chi connectivity index (χ1) is 11.8. The lowest BCUT2D eigenvalue weighted by molar-refractivity contribution is 0.0946. The quantitative estimate of drug-likeness (QED) is 0.846. The van der Waals surface area contributed by atoms with Gasteiger partial charge < -0.3 is 15.5 Å². The molecule has 0 atom stereocenters. The summed E-state index contributed by atoms with van der Waals surface area (Å²) in [6.07, 6.45) is 0. The van der Waals surface area contributed by atoms with Crippen molar-refractivity contribution in [2.45, 2.75) is 13.8 Å². The fraction of sp³-hybridized carbons (Fsp3) is 0.316. The van der Waals surface area contributed by atoms with E-state index in [2.05, 4.69) is 15.6 Å². The van der Waals surface area contributed by atoms with Crippen LogP contribution in [0, 0.1) is 13.8 Å². The largest absolute Gasteiger partial charge is 0.349 e. The first kappa shape index (κ1) is 18.6. The Hall–Kier alpha value is -2.73. The van der Waals surface area contributed by atoms with E-state index in [0.29, 0.717) is 12.2 Å². The topological polar surface area (TPSA) is 74.3 Å². The summed E-state index contributed by atoms with van der Waals surface area (Å²) in [4.78, 5) is 30.7. The number of anilines is 1. The van der Waals surface area contributed by atoms with E-state index in [9.17, 15) is 9.59 Å². The third-order valence-electron chi connectivity index (χ3n) is 3.54. The molecular formula is C19H24N4O2. The number of likely N-dealkylation sites (N-methyl/N-ethyl adjacent to an activating group) is 1. The number of nitrogens with zero attached hydrogens (tertiary/aromatic N) is 2. The molecule has 2 rings (SSSR count). The molecule has 0 fully saturated rings. The Morgan fingerprint density at radius 2 is 1.60 bits per heavy atom. The Kier molecular flexibility index (Phi) is 6.25. The van der Waals surface area contributed by atoms with Gasteiger partial charge in [-0.3, -0.25) is 9.59 Å². The van der Waals surface area contributed by atoms with Gasteiger partial charge in [0.15, 0.2) is 0 Å². The van der Waals surface area contributed by atoms with Gasteiger partial charge in [0.05, 0.1) is 0 Å². The molecule has 132 valence electrons. The Bertz CT molecular complexity index is 752. The van der Waals surface area contributed by atoms with Crippen LogP contribution in [-0.4, -0.2) is 48.9 Å². The van der Waals surface area contributed by atoms with Crippen LogP contribution in [0.25, 0.3) is 0 Å². The highest BCUT2D eigenvalue weighted by Gasteiger charge is 2.12. The summed E-state index contributed by atoms with van der Waals surface area (Å²) in [6.45, 7) is 5.20. The molecule has 1 aromatic carbocycles. The summed E-state index contributed by atoms with van der Waals surface area (Å²) >= 11 is 0. The molecule has 0 aliphatic heterocycles. The number of carbonyl (C=O) groups excluding carboxylic acids is 2. The molecule has 0 aliphatic rings. The third-order valence-corrected chi connectivity index (χ3v) is 3.54. The van der Waals surface area contributed by atoms with Gasteiger partial charge in [0.2, 0.25) is 0 Å². The van der Waals surface area contributed by atoms with Crippen LogP contribution in [0.5, 0.6) is 0 Å². The van der Waals surface area contributed by atoms with E-state index in [1.165, 1.54) is 0 Å². The van der Waals surface area contributed by atoms with Crippen molar-refractivity contribution in [2.75, 3.05) is 32.5 Å². The molecular weight excluding hydrogens is 316 g/mol. The van der Waals surface area contributed by atoms with Gasteiger partial charge in [-0.1, -0.05) is 12.1 Å². The van der Waals surface area contributed by atoms with Crippen LogP contribution in [0.4, 0.5) is 5.69 Å². The van der Waals surface area contributed by atoms with Crippen LogP contribution < -0.4 is 10.6 Å². The number of pyridine rings is 1.